The molecule has 3 rings (SSSR count). The summed E-state index contributed by atoms with van der Waals surface area (Å²) in [5, 5.41) is 6.30. The SMILES string of the molecule is COc1ccc(C(NCC(=O)NCCC2=CCCCC2)c2ccc(F)cc2)cc1. The van der Waals surface area contributed by atoms with Crippen molar-refractivity contribution in [3.05, 3.63) is 77.1 Å². The number of hydrogen-bond acceptors (Lipinski definition) is 3. The van der Waals surface area contributed by atoms with Crippen molar-refractivity contribution in [3.63, 3.8) is 0 Å². The van der Waals surface area contributed by atoms with Crippen molar-refractivity contribution in [1.29, 1.82) is 0 Å². The van der Waals surface area contributed by atoms with Gasteiger partial charge in [0.1, 0.15) is 11.6 Å². The lowest BCUT2D eigenvalue weighted by molar-refractivity contribution is -0.120. The van der Waals surface area contributed by atoms with E-state index in [4.69, 9.17) is 4.74 Å². The van der Waals surface area contributed by atoms with Crippen LogP contribution in [-0.4, -0.2) is 26.1 Å². The van der Waals surface area contributed by atoms with Gasteiger partial charge in [0.15, 0.2) is 0 Å². The van der Waals surface area contributed by atoms with E-state index in [-0.39, 0.29) is 24.3 Å². The van der Waals surface area contributed by atoms with Crippen molar-refractivity contribution < 1.29 is 13.9 Å². The molecule has 0 spiro atoms. The van der Waals surface area contributed by atoms with Gasteiger partial charge in [-0.05, 0) is 67.5 Å². The second-order valence-electron chi connectivity index (χ2n) is 7.35. The molecule has 0 aromatic heterocycles. The first kappa shape index (κ1) is 21.1. The van der Waals surface area contributed by atoms with Gasteiger partial charge in [-0.2, -0.15) is 0 Å². The molecule has 0 saturated carbocycles. The highest BCUT2D eigenvalue weighted by molar-refractivity contribution is 5.78. The fourth-order valence-corrected chi connectivity index (χ4v) is 3.63. The van der Waals surface area contributed by atoms with Gasteiger partial charge in [-0.15, -0.1) is 0 Å². The number of rotatable bonds is 9. The van der Waals surface area contributed by atoms with Gasteiger partial charge in [0, 0.05) is 6.54 Å². The molecule has 0 heterocycles. The lowest BCUT2D eigenvalue weighted by Gasteiger charge is -2.20. The molecular weight excluding hydrogens is 367 g/mol. The smallest absolute Gasteiger partial charge is 0.233 e. The maximum atomic E-state index is 13.4. The number of ether oxygens (including phenoxy) is 1. The molecule has 5 heteroatoms. The Balaban J connectivity index is 1.59. The van der Waals surface area contributed by atoms with Crippen LogP contribution in [0.5, 0.6) is 5.75 Å². The van der Waals surface area contributed by atoms with Gasteiger partial charge in [-0.3, -0.25) is 10.1 Å². The molecule has 1 unspecified atom stereocenters. The van der Waals surface area contributed by atoms with E-state index in [0.29, 0.717) is 6.54 Å². The number of benzene rings is 2. The molecule has 1 atom stereocenters. The predicted molar refractivity (Wildman–Crippen MR) is 113 cm³/mol. The van der Waals surface area contributed by atoms with Gasteiger partial charge in [-0.25, -0.2) is 4.39 Å². The maximum absolute atomic E-state index is 13.4. The Bertz CT molecular complexity index is 816. The molecule has 2 aromatic carbocycles. The summed E-state index contributed by atoms with van der Waals surface area (Å²) in [4.78, 5) is 12.3. The molecule has 0 radical (unpaired) electrons. The van der Waals surface area contributed by atoms with Crippen molar-refractivity contribution in [2.75, 3.05) is 20.2 Å². The molecule has 1 aliphatic carbocycles. The summed E-state index contributed by atoms with van der Waals surface area (Å²) in [5.74, 6) is 0.445. The summed E-state index contributed by atoms with van der Waals surface area (Å²) >= 11 is 0. The van der Waals surface area contributed by atoms with Crippen LogP contribution in [0.1, 0.15) is 49.3 Å². The molecule has 29 heavy (non-hydrogen) atoms. The first-order valence-electron chi connectivity index (χ1n) is 10.2. The average molecular weight is 397 g/mol. The summed E-state index contributed by atoms with van der Waals surface area (Å²) < 4.78 is 18.6. The van der Waals surface area contributed by atoms with E-state index in [2.05, 4.69) is 16.7 Å². The normalized spacial score (nSPS) is 14.8. The van der Waals surface area contributed by atoms with Crippen molar-refractivity contribution in [2.24, 2.45) is 0 Å². The van der Waals surface area contributed by atoms with E-state index in [1.54, 1.807) is 19.2 Å². The van der Waals surface area contributed by atoms with E-state index in [0.717, 1.165) is 36.1 Å². The van der Waals surface area contributed by atoms with E-state index in [1.165, 1.54) is 30.5 Å². The van der Waals surface area contributed by atoms with Gasteiger partial charge < -0.3 is 10.1 Å². The van der Waals surface area contributed by atoms with Crippen molar-refractivity contribution in [2.45, 2.75) is 38.1 Å². The third kappa shape index (κ3) is 6.43. The van der Waals surface area contributed by atoms with Crippen LogP contribution in [0.2, 0.25) is 0 Å². The molecule has 4 nitrogen and oxygen atoms in total. The Labute approximate surface area is 172 Å². The Morgan fingerprint density at radius 3 is 2.38 bits per heavy atom. The van der Waals surface area contributed by atoms with Crippen LogP contribution < -0.4 is 15.4 Å². The van der Waals surface area contributed by atoms with Crippen LogP contribution in [0.25, 0.3) is 0 Å². The molecular formula is C24H29FN2O2. The van der Waals surface area contributed by atoms with E-state index >= 15 is 0 Å². The Hall–Kier alpha value is -2.66. The van der Waals surface area contributed by atoms with Gasteiger partial charge in [0.2, 0.25) is 5.91 Å². The quantitative estimate of drug-likeness (QED) is 0.613. The van der Waals surface area contributed by atoms with Crippen molar-refractivity contribution >= 4 is 5.91 Å². The van der Waals surface area contributed by atoms with Crippen LogP contribution in [0.4, 0.5) is 4.39 Å². The molecule has 154 valence electrons. The number of nitrogens with one attached hydrogen (secondary N) is 2. The number of methoxy groups -OCH3 is 1. The second kappa shape index (κ2) is 10.8. The summed E-state index contributed by atoms with van der Waals surface area (Å²) in [6.07, 6.45) is 8.07. The third-order valence-corrected chi connectivity index (χ3v) is 5.27. The van der Waals surface area contributed by atoms with Crippen LogP contribution in [-0.2, 0) is 4.79 Å². The minimum atomic E-state index is -0.281. The molecule has 2 N–H and O–H groups in total. The lowest BCUT2D eigenvalue weighted by Crippen LogP contribution is -2.36. The van der Waals surface area contributed by atoms with Crippen LogP contribution in [0, 0.1) is 5.82 Å². The first-order chi connectivity index (χ1) is 14.2. The van der Waals surface area contributed by atoms with E-state index in [1.807, 2.05) is 24.3 Å². The summed E-state index contributed by atoms with van der Waals surface area (Å²) in [7, 11) is 1.62. The zero-order valence-electron chi connectivity index (χ0n) is 16.9. The molecule has 1 aliphatic rings. The summed E-state index contributed by atoms with van der Waals surface area (Å²) in [6, 6.07) is 13.8. The summed E-state index contributed by atoms with van der Waals surface area (Å²) in [5.41, 5.74) is 3.33. The number of allylic oxidation sites excluding steroid dienone is 1. The molecule has 0 saturated heterocycles. The van der Waals surface area contributed by atoms with Crippen LogP contribution in [0.3, 0.4) is 0 Å². The fourth-order valence-electron chi connectivity index (χ4n) is 3.63. The second-order valence-corrected chi connectivity index (χ2v) is 7.35. The van der Waals surface area contributed by atoms with Gasteiger partial charge in [0.25, 0.3) is 0 Å². The zero-order chi connectivity index (χ0) is 20.5. The average Bonchev–Trinajstić information content (AvgIpc) is 2.76. The lowest BCUT2D eigenvalue weighted by atomic mass is 9.97. The van der Waals surface area contributed by atoms with Crippen LogP contribution >= 0.6 is 0 Å². The minimum absolute atomic E-state index is 0.0398. The van der Waals surface area contributed by atoms with Gasteiger partial charge in [-0.1, -0.05) is 35.9 Å². The zero-order valence-corrected chi connectivity index (χ0v) is 16.9. The van der Waals surface area contributed by atoms with Gasteiger partial charge in [0.05, 0.1) is 19.7 Å². The Morgan fingerprint density at radius 1 is 1.07 bits per heavy atom. The van der Waals surface area contributed by atoms with E-state index < -0.39 is 0 Å². The van der Waals surface area contributed by atoms with E-state index in [9.17, 15) is 9.18 Å². The predicted octanol–water partition coefficient (Wildman–Crippen LogP) is 4.52. The summed E-state index contributed by atoms with van der Waals surface area (Å²) in [6.45, 7) is 0.850. The van der Waals surface area contributed by atoms with Crippen molar-refractivity contribution in [3.8, 4) is 5.75 Å². The maximum Gasteiger partial charge on any atom is 0.233 e. The molecule has 0 bridgehead atoms. The third-order valence-electron chi connectivity index (χ3n) is 5.27. The number of halogens is 1. The fraction of sp³-hybridized carbons (Fsp3) is 0.375. The highest BCUT2D eigenvalue weighted by atomic mass is 19.1. The largest absolute Gasteiger partial charge is 0.497 e. The molecule has 2 aromatic rings. The minimum Gasteiger partial charge on any atom is -0.497 e. The highest BCUT2D eigenvalue weighted by Crippen LogP contribution is 2.24. The molecule has 1 amide bonds. The number of amides is 1. The standard InChI is InChI=1S/C24H29FN2O2/c1-29-22-13-9-20(10-14-22)24(19-7-11-21(25)12-8-19)27-17-23(28)26-16-15-18-5-3-2-4-6-18/h5,7-14,24,27H,2-4,6,15-17H2,1H3,(H,26,28). The van der Waals surface area contributed by atoms with Gasteiger partial charge >= 0.3 is 0 Å². The number of carbonyl (C=O) groups is 1. The van der Waals surface area contributed by atoms with Crippen LogP contribution in [0.15, 0.2) is 60.2 Å². The van der Waals surface area contributed by atoms with Crippen molar-refractivity contribution in [1.82, 2.24) is 10.6 Å². The Morgan fingerprint density at radius 2 is 1.76 bits per heavy atom. The molecule has 0 aliphatic heterocycles. The Kier molecular flexibility index (Phi) is 7.82. The highest BCUT2D eigenvalue weighted by Gasteiger charge is 2.16. The monoisotopic (exact) mass is 396 g/mol. The number of hydrogen-bond donors (Lipinski definition) is 2. The molecule has 0 fully saturated rings. The number of carbonyl (C=O) groups excluding carboxylic acids is 1. The first-order valence-corrected chi connectivity index (χ1v) is 10.2. The topological polar surface area (TPSA) is 50.4 Å².